The van der Waals surface area contributed by atoms with Gasteiger partial charge in [0, 0.05) is 13.0 Å². The van der Waals surface area contributed by atoms with Crippen molar-refractivity contribution in [2.24, 2.45) is 23.2 Å². The van der Waals surface area contributed by atoms with E-state index in [1.807, 2.05) is 0 Å². The Balaban J connectivity index is 1.47. The van der Waals surface area contributed by atoms with Gasteiger partial charge in [-0.25, -0.2) is 0 Å². The number of fused-ring (bicyclic) bond motifs is 1. The summed E-state index contributed by atoms with van der Waals surface area (Å²) in [4.78, 5) is 0. The minimum absolute atomic E-state index is 0.00920. The molecule has 0 aromatic rings. The molecular weight excluding hydrogens is 649 g/mol. The lowest BCUT2D eigenvalue weighted by molar-refractivity contribution is -0.217. The van der Waals surface area contributed by atoms with Gasteiger partial charge in [0.1, 0.15) is 0 Å². The highest BCUT2D eigenvalue weighted by atomic mass is 28.4. The lowest BCUT2D eigenvalue weighted by atomic mass is 9.60. The van der Waals surface area contributed by atoms with E-state index in [0.717, 1.165) is 44.1 Å². The third-order valence-electron chi connectivity index (χ3n) is 14.5. The molecule has 7 atom stereocenters. The second-order valence-electron chi connectivity index (χ2n) is 20.9. The van der Waals surface area contributed by atoms with E-state index in [9.17, 15) is 0 Å². The molecule has 50 heavy (non-hydrogen) atoms. The van der Waals surface area contributed by atoms with Crippen LogP contribution in [0, 0.1) is 23.2 Å². The quantitative estimate of drug-likeness (QED) is 0.188. The zero-order chi connectivity index (χ0) is 37.3. The highest BCUT2D eigenvalue weighted by Crippen LogP contribution is 2.60. The third-order valence-corrected chi connectivity index (χ3v) is 23.5. The van der Waals surface area contributed by atoms with Crippen molar-refractivity contribution in [1.29, 1.82) is 0 Å². The average molecular weight is 729 g/mol. The molecule has 0 bridgehead atoms. The number of rotatable bonds is 12. The first kappa shape index (κ1) is 42.2. The van der Waals surface area contributed by atoms with Gasteiger partial charge in [-0.05, 0) is 149 Å². The van der Waals surface area contributed by atoms with Crippen molar-refractivity contribution in [3.63, 3.8) is 0 Å². The van der Waals surface area contributed by atoms with Crippen LogP contribution in [0.15, 0.2) is 35.5 Å². The van der Waals surface area contributed by atoms with Gasteiger partial charge in [-0.15, -0.1) is 0 Å². The molecule has 4 aliphatic rings. The highest BCUT2D eigenvalue weighted by Gasteiger charge is 2.51. The van der Waals surface area contributed by atoms with Crippen LogP contribution in [0.4, 0.5) is 0 Å². The first-order valence-electron chi connectivity index (χ1n) is 20.7. The summed E-state index contributed by atoms with van der Waals surface area (Å²) in [5.74, 6) is 2.23. The van der Waals surface area contributed by atoms with Gasteiger partial charge < -0.3 is 18.3 Å². The first-order valence-corrected chi connectivity index (χ1v) is 26.5. The standard InChI is InChI=1S/C44H80O4Si2/c1-32(20-18-27-43(9,10)46-40-22-16-17-29-45-40)37-25-26-38-34(21-19-28-44(37,38)11)23-24-35-30-36(47-49(12,13)41(3,4)5)31-39(33(35)2)48-50(14,15)42(6,7)8/h23-24,32,36-40H,2,16-22,25-31H2,1,3-15H3/b34-23+,35-24+/t32-,36+,37-,38-,39-,40+,44+/m1/s1. The molecule has 4 nitrogen and oxygen atoms in total. The lowest BCUT2D eigenvalue weighted by Crippen LogP contribution is -2.49. The van der Waals surface area contributed by atoms with Crippen molar-refractivity contribution in [1.82, 2.24) is 0 Å². The minimum Gasteiger partial charge on any atom is -0.413 e. The molecule has 4 rings (SSSR count). The van der Waals surface area contributed by atoms with Gasteiger partial charge in [-0.1, -0.05) is 92.5 Å². The Morgan fingerprint density at radius 2 is 1.56 bits per heavy atom. The summed E-state index contributed by atoms with van der Waals surface area (Å²) in [5.41, 5.74) is 4.51. The molecular formula is C44H80O4Si2. The van der Waals surface area contributed by atoms with Crippen LogP contribution >= 0.6 is 0 Å². The van der Waals surface area contributed by atoms with E-state index < -0.39 is 16.6 Å². The Morgan fingerprint density at radius 3 is 2.18 bits per heavy atom. The molecule has 1 heterocycles. The maximum Gasteiger partial charge on any atom is 0.192 e. The normalized spacial score (nSPS) is 32.8. The molecule has 4 fully saturated rings. The largest absolute Gasteiger partial charge is 0.413 e. The molecule has 0 spiro atoms. The fourth-order valence-electron chi connectivity index (χ4n) is 9.25. The van der Waals surface area contributed by atoms with Crippen LogP contribution in [0.2, 0.25) is 36.3 Å². The predicted octanol–water partition coefficient (Wildman–Crippen LogP) is 13.3. The SMILES string of the molecule is C=C1/C(=C/C=C2\CCC[C@]3(C)[C@@H]2CC[C@@H]3[C@H](C)CCCC(C)(C)O[C@H]2CCCCO2)C[C@H](O[Si](C)(C)C(C)(C)C)C[C@H]1O[Si](C)(C)C(C)(C)C. The summed E-state index contributed by atoms with van der Waals surface area (Å²) in [6, 6.07) is 0. The average Bonchev–Trinajstić information content (AvgIpc) is 3.34. The molecule has 0 aromatic carbocycles. The van der Waals surface area contributed by atoms with Crippen LogP contribution in [-0.2, 0) is 18.3 Å². The van der Waals surface area contributed by atoms with Crippen molar-refractivity contribution in [2.45, 2.75) is 213 Å². The highest BCUT2D eigenvalue weighted by molar-refractivity contribution is 6.74. The van der Waals surface area contributed by atoms with Crippen LogP contribution in [0.3, 0.4) is 0 Å². The zero-order valence-corrected chi connectivity index (χ0v) is 37.4. The summed E-state index contributed by atoms with van der Waals surface area (Å²) in [5, 5.41) is 0.336. The summed E-state index contributed by atoms with van der Waals surface area (Å²) >= 11 is 0. The number of allylic oxidation sites excluding steroid dienone is 3. The third kappa shape index (κ3) is 10.2. The molecule has 0 N–H and O–H groups in total. The molecule has 0 amide bonds. The Bertz CT molecular complexity index is 1210. The number of ether oxygens (including phenoxy) is 2. The van der Waals surface area contributed by atoms with Gasteiger partial charge >= 0.3 is 0 Å². The van der Waals surface area contributed by atoms with Gasteiger partial charge in [-0.3, -0.25) is 0 Å². The molecule has 3 aliphatic carbocycles. The Morgan fingerprint density at radius 1 is 0.900 bits per heavy atom. The van der Waals surface area contributed by atoms with Crippen LogP contribution in [0.25, 0.3) is 0 Å². The molecule has 0 aromatic heterocycles. The van der Waals surface area contributed by atoms with Gasteiger partial charge in [0.25, 0.3) is 0 Å². The number of hydrogen-bond acceptors (Lipinski definition) is 4. The van der Waals surface area contributed by atoms with Gasteiger partial charge in [-0.2, -0.15) is 0 Å². The van der Waals surface area contributed by atoms with Crippen molar-refractivity contribution in [3.05, 3.63) is 35.5 Å². The molecule has 6 heteroatoms. The summed E-state index contributed by atoms with van der Waals surface area (Å²) < 4.78 is 26.6. The number of hydrogen-bond donors (Lipinski definition) is 0. The van der Waals surface area contributed by atoms with E-state index in [-0.39, 0.29) is 34.2 Å². The Kier molecular flexibility index (Phi) is 13.6. The maximum atomic E-state index is 7.12. The van der Waals surface area contributed by atoms with E-state index in [2.05, 4.69) is 108 Å². The molecule has 1 saturated heterocycles. The van der Waals surface area contributed by atoms with Crippen molar-refractivity contribution in [2.75, 3.05) is 6.61 Å². The van der Waals surface area contributed by atoms with Crippen molar-refractivity contribution in [3.8, 4) is 0 Å². The fraction of sp³-hybridized carbons (Fsp3) is 0.864. The molecule has 3 saturated carbocycles. The molecule has 0 unspecified atom stereocenters. The van der Waals surface area contributed by atoms with E-state index in [1.165, 1.54) is 68.9 Å². The monoisotopic (exact) mass is 729 g/mol. The second kappa shape index (κ2) is 16.1. The van der Waals surface area contributed by atoms with Crippen LogP contribution in [-0.4, -0.2) is 47.3 Å². The fourth-order valence-corrected chi connectivity index (χ4v) is 11.9. The molecule has 0 radical (unpaired) electrons. The molecule has 1 aliphatic heterocycles. The van der Waals surface area contributed by atoms with Gasteiger partial charge in [0.05, 0.1) is 17.8 Å². The van der Waals surface area contributed by atoms with Crippen LogP contribution in [0.5, 0.6) is 0 Å². The zero-order valence-electron chi connectivity index (χ0n) is 35.4. The lowest BCUT2D eigenvalue weighted by Gasteiger charge is -2.46. The smallest absolute Gasteiger partial charge is 0.192 e. The first-order chi connectivity index (χ1) is 23.0. The van der Waals surface area contributed by atoms with E-state index in [0.29, 0.717) is 11.3 Å². The van der Waals surface area contributed by atoms with Gasteiger partial charge in [0.15, 0.2) is 22.9 Å². The Hall–Kier alpha value is -0.506. The predicted molar refractivity (Wildman–Crippen MR) is 219 cm³/mol. The molecule has 288 valence electrons. The van der Waals surface area contributed by atoms with Gasteiger partial charge in [0.2, 0.25) is 0 Å². The van der Waals surface area contributed by atoms with Crippen molar-refractivity contribution >= 4 is 16.6 Å². The van der Waals surface area contributed by atoms with E-state index >= 15 is 0 Å². The van der Waals surface area contributed by atoms with E-state index in [1.54, 1.807) is 5.57 Å². The summed E-state index contributed by atoms with van der Waals surface area (Å²) in [7, 11) is -3.91. The minimum atomic E-state index is -1.98. The van der Waals surface area contributed by atoms with E-state index in [4.69, 9.17) is 24.9 Å². The Labute approximate surface area is 312 Å². The second-order valence-corrected chi connectivity index (χ2v) is 30.4. The topological polar surface area (TPSA) is 36.9 Å². The van der Waals surface area contributed by atoms with Crippen molar-refractivity contribution < 1.29 is 18.3 Å². The summed E-state index contributed by atoms with van der Waals surface area (Å²) in [6.45, 7) is 38.9. The van der Waals surface area contributed by atoms with Crippen LogP contribution in [0.1, 0.15) is 153 Å². The van der Waals surface area contributed by atoms with Crippen LogP contribution < -0.4 is 0 Å². The summed E-state index contributed by atoms with van der Waals surface area (Å²) in [6.07, 6.45) is 20.7. The maximum absolute atomic E-state index is 7.12.